The lowest BCUT2D eigenvalue weighted by Crippen LogP contribution is -2.63. The van der Waals surface area contributed by atoms with Gasteiger partial charge >= 0.3 is 0 Å². The molecule has 3 fully saturated rings. The molecule has 0 amide bonds. The first-order valence-corrected chi connectivity index (χ1v) is 7.86. The molecule has 3 nitrogen and oxygen atoms in total. The second-order valence-electron chi connectivity index (χ2n) is 5.59. The molecule has 0 spiro atoms. The zero-order valence-corrected chi connectivity index (χ0v) is 12.2. The van der Waals surface area contributed by atoms with Gasteiger partial charge in [-0.25, -0.2) is 0 Å². The van der Waals surface area contributed by atoms with Crippen LogP contribution in [0.4, 0.5) is 0 Å². The predicted octanol–water partition coefficient (Wildman–Crippen LogP) is 1.71. The van der Waals surface area contributed by atoms with Crippen LogP contribution in [0.2, 0.25) is 0 Å². The monoisotopic (exact) mass is 265 g/mol. The van der Waals surface area contributed by atoms with E-state index in [1.165, 1.54) is 43.2 Å². The van der Waals surface area contributed by atoms with Crippen molar-refractivity contribution >= 4 is 11.3 Å². The summed E-state index contributed by atoms with van der Waals surface area (Å²) < 4.78 is 0. The number of fused-ring (bicyclic) bond motifs is 3. The fourth-order valence-corrected chi connectivity index (χ4v) is 4.11. The van der Waals surface area contributed by atoms with Crippen LogP contribution < -0.4 is 5.32 Å². The molecule has 4 heterocycles. The van der Waals surface area contributed by atoms with Gasteiger partial charge < -0.3 is 5.32 Å². The first-order chi connectivity index (χ1) is 8.74. The van der Waals surface area contributed by atoms with Gasteiger partial charge in [0.2, 0.25) is 0 Å². The molecule has 3 aliphatic heterocycles. The lowest BCUT2D eigenvalue weighted by molar-refractivity contribution is 0.0129. The summed E-state index contributed by atoms with van der Waals surface area (Å²) >= 11 is 1.87. The highest BCUT2D eigenvalue weighted by molar-refractivity contribution is 7.10. The van der Waals surface area contributed by atoms with Gasteiger partial charge in [0.15, 0.2) is 0 Å². The van der Waals surface area contributed by atoms with Gasteiger partial charge in [-0.3, -0.25) is 9.80 Å². The zero-order valence-electron chi connectivity index (χ0n) is 11.4. The molecule has 0 aromatic carbocycles. The Morgan fingerprint density at radius 1 is 1.39 bits per heavy atom. The van der Waals surface area contributed by atoms with Gasteiger partial charge in [0, 0.05) is 56.2 Å². The zero-order chi connectivity index (χ0) is 12.5. The molecule has 0 saturated carbocycles. The molecule has 3 saturated heterocycles. The molecule has 100 valence electrons. The van der Waals surface area contributed by atoms with Crippen molar-refractivity contribution in [3.63, 3.8) is 0 Å². The fourth-order valence-electron chi connectivity index (χ4n) is 3.15. The van der Waals surface area contributed by atoms with E-state index in [2.05, 4.69) is 40.4 Å². The molecule has 0 unspecified atom stereocenters. The second-order valence-corrected chi connectivity index (χ2v) is 6.54. The van der Waals surface area contributed by atoms with Crippen LogP contribution in [-0.4, -0.2) is 55.1 Å². The number of rotatable bonds is 4. The van der Waals surface area contributed by atoms with Gasteiger partial charge in [-0.05, 0) is 30.9 Å². The third-order valence-corrected chi connectivity index (χ3v) is 5.55. The highest BCUT2D eigenvalue weighted by Crippen LogP contribution is 2.24. The van der Waals surface area contributed by atoms with Crippen molar-refractivity contribution in [2.45, 2.75) is 25.9 Å². The lowest BCUT2D eigenvalue weighted by atomic mass is 10.1. The van der Waals surface area contributed by atoms with E-state index < -0.39 is 0 Å². The largest absolute Gasteiger partial charge is 0.308 e. The van der Waals surface area contributed by atoms with Crippen LogP contribution in [0, 0.1) is 6.92 Å². The minimum atomic E-state index is 0.488. The van der Waals surface area contributed by atoms with E-state index in [-0.39, 0.29) is 0 Å². The van der Waals surface area contributed by atoms with Crippen molar-refractivity contribution in [1.82, 2.24) is 15.1 Å². The molecule has 4 rings (SSSR count). The molecule has 2 bridgehead atoms. The first-order valence-electron chi connectivity index (χ1n) is 6.98. The molecule has 1 N–H and O–H groups in total. The quantitative estimate of drug-likeness (QED) is 0.894. The van der Waals surface area contributed by atoms with Crippen molar-refractivity contribution in [2.24, 2.45) is 0 Å². The molecule has 1 aromatic rings. The predicted molar refractivity (Wildman–Crippen MR) is 77.3 cm³/mol. The van der Waals surface area contributed by atoms with Crippen molar-refractivity contribution in [2.75, 3.05) is 39.3 Å². The number of hydrogen-bond donors (Lipinski definition) is 1. The Hall–Kier alpha value is -0.420. The summed E-state index contributed by atoms with van der Waals surface area (Å²) in [6.07, 6.45) is 0. The van der Waals surface area contributed by atoms with Gasteiger partial charge in [-0.15, -0.1) is 11.3 Å². The summed E-state index contributed by atoms with van der Waals surface area (Å²) in [6, 6.07) is 3.42. The maximum Gasteiger partial charge on any atom is 0.0389 e. The third kappa shape index (κ3) is 2.48. The van der Waals surface area contributed by atoms with Crippen molar-refractivity contribution in [1.29, 1.82) is 0 Å². The average Bonchev–Trinajstić information content (AvgIpc) is 2.84. The number of thiophene rings is 1. The van der Waals surface area contributed by atoms with E-state index in [0.717, 1.165) is 12.6 Å². The van der Waals surface area contributed by atoms with Gasteiger partial charge in [-0.2, -0.15) is 0 Å². The second kappa shape index (κ2) is 5.29. The molecular weight excluding hydrogens is 242 g/mol. The van der Waals surface area contributed by atoms with Gasteiger partial charge in [0.25, 0.3) is 0 Å². The Morgan fingerprint density at radius 3 is 2.72 bits per heavy atom. The summed E-state index contributed by atoms with van der Waals surface area (Å²) in [5.74, 6) is 0. The number of piperazine rings is 3. The molecule has 18 heavy (non-hydrogen) atoms. The van der Waals surface area contributed by atoms with Crippen LogP contribution in [0.5, 0.6) is 0 Å². The van der Waals surface area contributed by atoms with E-state index in [1.807, 2.05) is 11.3 Å². The smallest absolute Gasteiger partial charge is 0.0389 e. The first kappa shape index (κ1) is 12.6. The summed E-state index contributed by atoms with van der Waals surface area (Å²) in [4.78, 5) is 6.75. The van der Waals surface area contributed by atoms with Crippen LogP contribution >= 0.6 is 11.3 Å². The van der Waals surface area contributed by atoms with E-state index in [0.29, 0.717) is 6.04 Å². The molecule has 1 aromatic heterocycles. The Bertz CT molecular complexity index is 395. The number of hydrogen-bond acceptors (Lipinski definition) is 4. The van der Waals surface area contributed by atoms with Crippen LogP contribution in [0.1, 0.15) is 23.4 Å². The number of nitrogens with one attached hydrogen (secondary N) is 1. The standard InChI is InChI=1S/C14H23N3S/c1-11-3-8-18-14(11)12(2)15-9-13-10-16-4-6-17(13)7-5-16/h3,8,12-13,15H,4-7,9-10H2,1-2H3/t12-,13+/m1/s1. The van der Waals surface area contributed by atoms with E-state index in [4.69, 9.17) is 0 Å². The normalized spacial score (nSPS) is 32.7. The topological polar surface area (TPSA) is 18.5 Å². The highest BCUT2D eigenvalue weighted by Gasteiger charge is 2.31. The van der Waals surface area contributed by atoms with Crippen molar-refractivity contribution < 1.29 is 0 Å². The SMILES string of the molecule is Cc1ccsc1[C@@H](C)NC[C@H]1CN2CCN1CC2. The Kier molecular flexibility index (Phi) is 3.71. The maximum absolute atomic E-state index is 3.72. The lowest BCUT2D eigenvalue weighted by Gasteiger charge is -2.47. The van der Waals surface area contributed by atoms with Crippen LogP contribution in [-0.2, 0) is 0 Å². The Morgan fingerprint density at radius 2 is 2.17 bits per heavy atom. The van der Waals surface area contributed by atoms with E-state index >= 15 is 0 Å². The molecule has 0 aliphatic carbocycles. The van der Waals surface area contributed by atoms with Crippen molar-refractivity contribution in [3.05, 3.63) is 21.9 Å². The van der Waals surface area contributed by atoms with E-state index in [9.17, 15) is 0 Å². The minimum Gasteiger partial charge on any atom is -0.308 e. The molecule has 3 aliphatic rings. The van der Waals surface area contributed by atoms with Crippen LogP contribution in [0.15, 0.2) is 11.4 Å². The maximum atomic E-state index is 3.72. The van der Waals surface area contributed by atoms with Crippen molar-refractivity contribution in [3.8, 4) is 0 Å². The summed E-state index contributed by atoms with van der Waals surface area (Å²) in [7, 11) is 0. The van der Waals surface area contributed by atoms with Gasteiger partial charge in [0.1, 0.15) is 0 Å². The summed E-state index contributed by atoms with van der Waals surface area (Å²) in [6.45, 7) is 11.9. The van der Waals surface area contributed by atoms with Gasteiger partial charge in [0.05, 0.1) is 0 Å². The number of aryl methyl sites for hydroxylation is 1. The molecule has 2 atom stereocenters. The van der Waals surface area contributed by atoms with Crippen LogP contribution in [0.25, 0.3) is 0 Å². The summed E-state index contributed by atoms with van der Waals surface area (Å²) in [5.41, 5.74) is 1.43. The third-order valence-electron chi connectivity index (χ3n) is 4.35. The average molecular weight is 265 g/mol. The van der Waals surface area contributed by atoms with Crippen LogP contribution in [0.3, 0.4) is 0 Å². The fraction of sp³-hybridized carbons (Fsp3) is 0.714. The van der Waals surface area contributed by atoms with Gasteiger partial charge in [-0.1, -0.05) is 0 Å². The summed E-state index contributed by atoms with van der Waals surface area (Å²) in [5, 5.41) is 5.92. The molecule has 0 radical (unpaired) electrons. The Balaban J connectivity index is 1.54. The molecular formula is C14H23N3S. The Labute approximate surface area is 114 Å². The van der Waals surface area contributed by atoms with E-state index in [1.54, 1.807) is 0 Å². The highest BCUT2D eigenvalue weighted by atomic mass is 32.1. The molecule has 4 heteroatoms. The minimum absolute atomic E-state index is 0.488. The number of nitrogens with zero attached hydrogens (tertiary/aromatic N) is 2.